The van der Waals surface area contributed by atoms with Gasteiger partial charge in [-0.15, -0.1) is 0 Å². The molecule has 2 atom stereocenters. The number of nitrogens with one attached hydrogen (secondary N) is 3. The molecule has 0 spiro atoms. The van der Waals surface area contributed by atoms with Gasteiger partial charge in [0.05, 0.1) is 29.9 Å². The zero-order valence-electron chi connectivity index (χ0n) is 18.2. The summed E-state index contributed by atoms with van der Waals surface area (Å²) in [5.41, 5.74) is 1.33. The van der Waals surface area contributed by atoms with E-state index in [9.17, 15) is 9.18 Å². The van der Waals surface area contributed by atoms with Crippen LogP contribution in [0.1, 0.15) is 25.3 Å². The van der Waals surface area contributed by atoms with Crippen LogP contribution in [0.15, 0.2) is 37.3 Å². The van der Waals surface area contributed by atoms with E-state index >= 15 is 0 Å². The second-order valence-electron chi connectivity index (χ2n) is 8.36. The van der Waals surface area contributed by atoms with Crippen molar-refractivity contribution >= 4 is 28.6 Å². The highest BCUT2D eigenvalue weighted by Gasteiger charge is 2.33. The molecule has 11 heteroatoms. The molecule has 0 saturated carbocycles. The predicted molar refractivity (Wildman–Crippen MR) is 121 cm³/mol. The molecule has 0 radical (unpaired) electrons. The Morgan fingerprint density at radius 3 is 2.97 bits per heavy atom. The predicted octanol–water partition coefficient (Wildman–Crippen LogP) is 2.33. The number of likely N-dealkylation sites (tertiary alicyclic amines) is 1. The number of rotatable bonds is 6. The quantitative estimate of drug-likeness (QED) is 0.490. The van der Waals surface area contributed by atoms with Gasteiger partial charge in [0, 0.05) is 18.9 Å². The third kappa shape index (κ3) is 4.54. The van der Waals surface area contributed by atoms with Crippen LogP contribution in [0.4, 0.5) is 16.0 Å². The number of hydrogen-bond acceptors (Lipinski definition) is 7. The van der Waals surface area contributed by atoms with Gasteiger partial charge in [-0.2, -0.15) is 15.1 Å². The fourth-order valence-corrected chi connectivity index (χ4v) is 4.33. The topological polar surface area (TPSA) is 113 Å². The summed E-state index contributed by atoms with van der Waals surface area (Å²) < 4.78 is 22.6. The summed E-state index contributed by atoms with van der Waals surface area (Å²) in [7, 11) is 0. The van der Waals surface area contributed by atoms with Crippen molar-refractivity contribution in [2.24, 2.45) is 0 Å². The first-order valence-corrected chi connectivity index (χ1v) is 11.2. The van der Waals surface area contributed by atoms with Crippen molar-refractivity contribution in [2.45, 2.75) is 37.6 Å². The molecule has 5 rings (SSSR count). The number of H-pyrrole nitrogens is 1. The van der Waals surface area contributed by atoms with Gasteiger partial charge < -0.3 is 25.3 Å². The summed E-state index contributed by atoms with van der Waals surface area (Å²) in [5, 5.41) is 11.7. The van der Waals surface area contributed by atoms with Crippen molar-refractivity contribution in [1.29, 1.82) is 0 Å². The highest BCUT2D eigenvalue weighted by molar-refractivity contribution is 5.87. The van der Waals surface area contributed by atoms with E-state index in [-0.39, 0.29) is 24.8 Å². The lowest BCUT2D eigenvalue weighted by atomic mass is 10.1. The Labute approximate surface area is 190 Å². The van der Waals surface area contributed by atoms with Gasteiger partial charge in [0.2, 0.25) is 17.7 Å². The van der Waals surface area contributed by atoms with E-state index in [0.717, 1.165) is 31.6 Å². The first-order chi connectivity index (χ1) is 16.1. The average molecular weight is 455 g/mol. The van der Waals surface area contributed by atoms with Crippen LogP contribution in [0.3, 0.4) is 0 Å². The molecule has 2 fully saturated rings. The van der Waals surface area contributed by atoms with E-state index in [4.69, 9.17) is 4.74 Å². The summed E-state index contributed by atoms with van der Waals surface area (Å²) in [6.07, 6.45) is 6.87. The monoisotopic (exact) mass is 454 g/mol. The van der Waals surface area contributed by atoms with Crippen molar-refractivity contribution in [2.75, 3.05) is 31.5 Å². The van der Waals surface area contributed by atoms with Gasteiger partial charge in [0.1, 0.15) is 17.9 Å². The van der Waals surface area contributed by atoms with E-state index in [2.05, 4.69) is 37.3 Å². The summed E-state index contributed by atoms with van der Waals surface area (Å²) in [4.78, 5) is 25.6. The minimum atomic E-state index is -1.21. The number of nitrogens with zero attached hydrogens (tertiary/aromatic N) is 5. The molecule has 3 aromatic rings. The van der Waals surface area contributed by atoms with Crippen LogP contribution >= 0.6 is 0 Å². The number of aromatic nitrogens is 5. The Morgan fingerprint density at radius 2 is 2.15 bits per heavy atom. The number of fused-ring (bicyclic) bond motifs is 1. The minimum absolute atomic E-state index is 0.133. The molecule has 0 unspecified atom stereocenters. The highest BCUT2D eigenvalue weighted by atomic mass is 19.1. The normalized spacial score (nSPS) is 21.8. The average Bonchev–Trinajstić information content (AvgIpc) is 3.50. The van der Waals surface area contributed by atoms with Crippen LogP contribution in [0.5, 0.6) is 5.88 Å². The van der Waals surface area contributed by atoms with E-state index in [1.54, 1.807) is 18.5 Å². The fraction of sp³-hybridized carbons (Fsp3) is 0.455. The van der Waals surface area contributed by atoms with Crippen LogP contribution in [0.2, 0.25) is 0 Å². The summed E-state index contributed by atoms with van der Waals surface area (Å²) in [5.74, 6) is 0.336. The number of carbonyl (C=O) groups is 1. The Kier molecular flexibility index (Phi) is 5.95. The molecule has 2 saturated heterocycles. The Morgan fingerprint density at radius 1 is 1.30 bits per heavy atom. The van der Waals surface area contributed by atoms with Crippen LogP contribution < -0.4 is 15.4 Å². The van der Waals surface area contributed by atoms with Gasteiger partial charge in [0.25, 0.3) is 0 Å². The molecule has 0 bridgehead atoms. The summed E-state index contributed by atoms with van der Waals surface area (Å²) in [6, 6.07) is 2.15. The maximum Gasteiger partial charge on any atom is 0.246 e. The lowest BCUT2D eigenvalue weighted by Gasteiger charge is -2.34. The van der Waals surface area contributed by atoms with Crippen LogP contribution in [0, 0.1) is 0 Å². The third-order valence-corrected chi connectivity index (χ3v) is 6.15. The molecule has 33 heavy (non-hydrogen) atoms. The Bertz CT molecular complexity index is 1140. The van der Waals surface area contributed by atoms with Gasteiger partial charge >= 0.3 is 0 Å². The number of piperidine rings is 2. The fourth-order valence-electron chi connectivity index (χ4n) is 4.33. The first kappa shape index (κ1) is 21.4. The molecular formula is C22H27FN8O2. The summed E-state index contributed by atoms with van der Waals surface area (Å²) in [6.45, 7) is 5.94. The van der Waals surface area contributed by atoms with Crippen molar-refractivity contribution in [3.8, 4) is 5.88 Å². The molecule has 0 aromatic carbocycles. The largest absolute Gasteiger partial charge is 0.469 e. The molecular weight excluding hydrogens is 427 g/mol. The maximum absolute atomic E-state index is 14.7. The first-order valence-electron chi connectivity index (χ1n) is 11.2. The minimum Gasteiger partial charge on any atom is -0.469 e. The standard InChI is InChI=1S/C22H27FN8O2/c1-2-19(32)30-10-6-17(23)18(13-30)33-21-16-5-9-25-20(16)28-22(29-21)27-14-11-26-31(12-14)15-3-7-24-8-4-15/h2,5,9,11-12,15,17-18,24H,1,3-4,6-8,10,13H2,(H2,25,27,28,29)/t17-,18+/m1/s1. The molecule has 0 aliphatic carbocycles. The van der Waals surface area contributed by atoms with E-state index in [1.165, 1.54) is 11.0 Å². The zero-order valence-corrected chi connectivity index (χ0v) is 18.2. The molecule has 3 N–H and O–H groups in total. The number of carbonyl (C=O) groups excluding carboxylic acids is 1. The van der Waals surface area contributed by atoms with Gasteiger partial charge in [-0.25, -0.2) is 4.39 Å². The number of amides is 1. The van der Waals surface area contributed by atoms with E-state index in [0.29, 0.717) is 29.6 Å². The molecule has 174 valence electrons. The van der Waals surface area contributed by atoms with Crippen molar-refractivity contribution in [1.82, 2.24) is 34.9 Å². The molecule has 2 aliphatic rings. The van der Waals surface area contributed by atoms with Gasteiger partial charge in [-0.05, 0) is 44.5 Å². The lowest BCUT2D eigenvalue weighted by molar-refractivity contribution is -0.130. The van der Waals surface area contributed by atoms with E-state index in [1.807, 2.05) is 10.9 Å². The highest BCUT2D eigenvalue weighted by Crippen LogP contribution is 2.28. The SMILES string of the molecule is C=CC(=O)N1CC[C@@H](F)[C@@H](Oc2nc(Nc3cnn(C4CCNCC4)c3)nc3[nH]ccc23)C1. The number of halogens is 1. The number of alkyl halides is 1. The van der Waals surface area contributed by atoms with Gasteiger partial charge in [-0.1, -0.05) is 6.58 Å². The number of aromatic amines is 1. The molecule has 10 nitrogen and oxygen atoms in total. The smallest absolute Gasteiger partial charge is 0.246 e. The maximum atomic E-state index is 14.7. The second-order valence-corrected chi connectivity index (χ2v) is 8.36. The molecule has 3 aromatic heterocycles. The van der Waals surface area contributed by atoms with Crippen LogP contribution in [-0.2, 0) is 4.79 Å². The van der Waals surface area contributed by atoms with Crippen molar-refractivity contribution in [3.05, 3.63) is 37.3 Å². The third-order valence-electron chi connectivity index (χ3n) is 6.15. The number of hydrogen-bond donors (Lipinski definition) is 3. The molecule has 2 aliphatic heterocycles. The molecule has 5 heterocycles. The van der Waals surface area contributed by atoms with Gasteiger partial charge in [-0.3, -0.25) is 9.48 Å². The van der Waals surface area contributed by atoms with Crippen LogP contribution in [-0.4, -0.2) is 74.0 Å². The summed E-state index contributed by atoms with van der Waals surface area (Å²) >= 11 is 0. The van der Waals surface area contributed by atoms with Gasteiger partial charge in [0.15, 0.2) is 0 Å². The number of anilines is 2. The van der Waals surface area contributed by atoms with Crippen LogP contribution in [0.25, 0.3) is 11.0 Å². The zero-order chi connectivity index (χ0) is 22.8. The Balaban J connectivity index is 1.36. The van der Waals surface area contributed by atoms with Crippen molar-refractivity contribution in [3.63, 3.8) is 0 Å². The second kappa shape index (κ2) is 9.18. The lowest BCUT2D eigenvalue weighted by Crippen LogP contribution is -2.49. The van der Waals surface area contributed by atoms with E-state index < -0.39 is 12.3 Å². The number of ether oxygens (including phenoxy) is 1. The molecule has 1 amide bonds. The Hall–Kier alpha value is -3.47. The van der Waals surface area contributed by atoms with Crippen molar-refractivity contribution < 1.29 is 13.9 Å².